The Hall–Kier alpha value is -3.81. The van der Waals surface area contributed by atoms with Crippen LogP contribution in [0.3, 0.4) is 0 Å². The number of carbonyl (C=O) groups excluding carboxylic acids is 2. The Labute approximate surface area is 218 Å². The average Bonchev–Trinajstić information content (AvgIpc) is 3.48. The zero-order valence-corrected chi connectivity index (χ0v) is 22.0. The van der Waals surface area contributed by atoms with Gasteiger partial charge in [0.15, 0.2) is 40.1 Å². The quantitative estimate of drug-likeness (QED) is 0.391. The van der Waals surface area contributed by atoms with E-state index in [2.05, 4.69) is 15.0 Å². The number of rotatable bonds is 10. The smallest absolute Gasteiger partial charge is 0.203 e. The van der Waals surface area contributed by atoms with Crippen molar-refractivity contribution < 1.29 is 38.4 Å². The van der Waals surface area contributed by atoms with Crippen LogP contribution in [0.2, 0.25) is 0 Å². The zero-order valence-electron chi connectivity index (χ0n) is 22.0. The molecular formula is C25H31N5O8. The zero-order chi connectivity index (χ0) is 27.8. The number of aromatic nitrogens is 4. The first-order chi connectivity index (χ1) is 18.0. The third kappa shape index (κ3) is 4.64. The minimum absolute atomic E-state index is 0.159. The summed E-state index contributed by atoms with van der Waals surface area (Å²) in [7, 11) is 4.47. The summed E-state index contributed by atoms with van der Waals surface area (Å²) in [5.41, 5.74) is 5.19. The first-order valence-corrected chi connectivity index (χ1v) is 11.8. The van der Waals surface area contributed by atoms with Gasteiger partial charge in [0.2, 0.25) is 5.75 Å². The second-order valence-electron chi connectivity index (χ2n) is 9.05. The van der Waals surface area contributed by atoms with Crippen molar-refractivity contribution in [1.29, 1.82) is 0 Å². The molecule has 0 bridgehead atoms. The lowest BCUT2D eigenvalue weighted by Gasteiger charge is -2.32. The van der Waals surface area contributed by atoms with Crippen LogP contribution < -0.4 is 19.9 Å². The molecule has 204 valence electrons. The predicted octanol–water partition coefficient (Wildman–Crippen LogP) is 1.78. The summed E-state index contributed by atoms with van der Waals surface area (Å²) in [5, 5.41) is 11.5. The minimum Gasteiger partial charge on any atom is -0.493 e. The van der Waals surface area contributed by atoms with Crippen molar-refractivity contribution in [3.05, 3.63) is 30.4 Å². The summed E-state index contributed by atoms with van der Waals surface area (Å²) in [4.78, 5) is 37.9. The molecule has 13 heteroatoms. The SMILES string of the molecule is COc1cc(C(C)OC(C(C)=O)[C@H]2O[C@@H](n3cnc4c(N)ncnc43)C[C@@]2(O)C(C)=O)cc(OC)c1OC. The van der Waals surface area contributed by atoms with Gasteiger partial charge in [0.25, 0.3) is 0 Å². The predicted molar refractivity (Wildman–Crippen MR) is 134 cm³/mol. The van der Waals surface area contributed by atoms with Crippen molar-refractivity contribution >= 4 is 28.5 Å². The van der Waals surface area contributed by atoms with Gasteiger partial charge in [-0.3, -0.25) is 14.2 Å². The molecule has 0 saturated carbocycles. The van der Waals surface area contributed by atoms with Gasteiger partial charge in [-0.25, -0.2) is 15.0 Å². The first kappa shape index (κ1) is 27.2. The number of aliphatic hydroxyl groups is 1. The van der Waals surface area contributed by atoms with Crippen LogP contribution in [0, 0.1) is 0 Å². The lowest BCUT2D eigenvalue weighted by molar-refractivity contribution is -0.171. The van der Waals surface area contributed by atoms with E-state index >= 15 is 0 Å². The second-order valence-corrected chi connectivity index (χ2v) is 9.05. The highest BCUT2D eigenvalue weighted by atomic mass is 16.6. The Balaban J connectivity index is 1.68. The van der Waals surface area contributed by atoms with Crippen LogP contribution in [0.15, 0.2) is 24.8 Å². The van der Waals surface area contributed by atoms with E-state index in [-0.39, 0.29) is 12.2 Å². The van der Waals surface area contributed by atoms with E-state index in [1.165, 1.54) is 47.8 Å². The standard InChI is InChI=1S/C25H31N5O8/c1-12(31)20(37-13(2)15-7-16(34-4)21(36-6)17(8-15)35-5)22-25(33,14(3)32)9-18(38-22)30-11-29-19-23(26)27-10-28-24(19)30/h7-8,10-11,13,18,20,22,33H,9H2,1-6H3,(H2,26,27,28)/t13?,18-,20?,22-,25-/m1/s1. The summed E-state index contributed by atoms with van der Waals surface area (Å²) in [5.74, 6) is 0.383. The van der Waals surface area contributed by atoms with Gasteiger partial charge in [0, 0.05) is 6.42 Å². The van der Waals surface area contributed by atoms with E-state index in [0.29, 0.717) is 34.0 Å². The molecule has 1 aromatic carbocycles. The molecule has 1 aliphatic heterocycles. The molecule has 0 spiro atoms. The number of methoxy groups -OCH3 is 3. The van der Waals surface area contributed by atoms with Crippen molar-refractivity contribution in [2.75, 3.05) is 27.1 Å². The molecule has 38 heavy (non-hydrogen) atoms. The van der Waals surface area contributed by atoms with E-state index in [4.69, 9.17) is 29.4 Å². The van der Waals surface area contributed by atoms with E-state index in [1.807, 2.05) is 0 Å². The number of fused-ring (bicyclic) bond motifs is 1. The minimum atomic E-state index is -2.02. The highest BCUT2D eigenvalue weighted by molar-refractivity contribution is 5.89. The van der Waals surface area contributed by atoms with Crippen molar-refractivity contribution in [2.24, 2.45) is 0 Å². The molecule has 5 atom stereocenters. The molecule has 1 aliphatic rings. The fraction of sp³-hybridized carbons (Fsp3) is 0.480. The molecule has 4 rings (SSSR count). The number of Topliss-reactive ketones (excluding diaryl/α,β-unsaturated/α-hetero) is 2. The highest BCUT2D eigenvalue weighted by Gasteiger charge is 2.56. The number of nitrogens with two attached hydrogens (primary N) is 1. The average molecular weight is 530 g/mol. The summed E-state index contributed by atoms with van der Waals surface area (Å²) >= 11 is 0. The van der Waals surface area contributed by atoms with Crippen LogP contribution in [0.5, 0.6) is 17.2 Å². The van der Waals surface area contributed by atoms with E-state index in [1.54, 1.807) is 23.6 Å². The fourth-order valence-corrected chi connectivity index (χ4v) is 4.64. The topological polar surface area (TPSA) is 170 Å². The molecule has 3 heterocycles. The number of benzene rings is 1. The number of anilines is 1. The normalized spacial score (nSPS) is 22.7. The molecule has 1 saturated heterocycles. The molecule has 0 aliphatic carbocycles. The number of imidazole rings is 1. The van der Waals surface area contributed by atoms with Crippen LogP contribution in [0.4, 0.5) is 5.82 Å². The van der Waals surface area contributed by atoms with E-state index in [0.717, 1.165) is 0 Å². The largest absolute Gasteiger partial charge is 0.493 e. The van der Waals surface area contributed by atoms with Gasteiger partial charge in [-0.1, -0.05) is 0 Å². The number of nitrogen functional groups attached to an aromatic ring is 1. The Bertz CT molecular complexity index is 1340. The number of nitrogens with zero attached hydrogens (tertiary/aromatic N) is 4. The van der Waals surface area contributed by atoms with Crippen molar-refractivity contribution in [2.45, 2.75) is 57.3 Å². The van der Waals surface area contributed by atoms with Gasteiger partial charge in [-0.2, -0.15) is 0 Å². The Kier molecular flexibility index (Phi) is 7.54. The third-order valence-corrected chi connectivity index (χ3v) is 6.75. The summed E-state index contributed by atoms with van der Waals surface area (Å²) in [6.07, 6.45) is -1.63. The molecule has 13 nitrogen and oxygen atoms in total. The molecule has 3 aromatic rings. The van der Waals surface area contributed by atoms with Crippen molar-refractivity contribution in [3.63, 3.8) is 0 Å². The molecule has 3 N–H and O–H groups in total. The van der Waals surface area contributed by atoms with Crippen molar-refractivity contribution in [1.82, 2.24) is 19.5 Å². The Morgan fingerprint density at radius 2 is 1.79 bits per heavy atom. The fourth-order valence-electron chi connectivity index (χ4n) is 4.64. The lowest BCUT2D eigenvalue weighted by atomic mass is 9.86. The summed E-state index contributed by atoms with van der Waals surface area (Å²) in [6.45, 7) is 4.27. The lowest BCUT2D eigenvalue weighted by Crippen LogP contribution is -2.53. The first-order valence-electron chi connectivity index (χ1n) is 11.8. The summed E-state index contributed by atoms with van der Waals surface area (Å²) < 4.78 is 30.1. The molecule has 1 fully saturated rings. The van der Waals surface area contributed by atoms with E-state index in [9.17, 15) is 14.7 Å². The number of ketones is 2. The van der Waals surface area contributed by atoms with Gasteiger partial charge in [0.05, 0.1) is 33.8 Å². The summed E-state index contributed by atoms with van der Waals surface area (Å²) in [6, 6.07) is 3.39. The van der Waals surface area contributed by atoms with E-state index < -0.39 is 41.7 Å². The van der Waals surface area contributed by atoms with Crippen LogP contribution in [0.1, 0.15) is 45.1 Å². The number of carbonyl (C=O) groups is 2. The number of hydrogen-bond donors (Lipinski definition) is 2. The molecule has 2 unspecified atom stereocenters. The number of ether oxygens (including phenoxy) is 5. The third-order valence-electron chi connectivity index (χ3n) is 6.75. The Morgan fingerprint density at radius 1 is 1.13 bits per heavy atom. The highest BCUT2D eigenvalue weighted by Crippen LogP contribution is 2.44. The maximum atomic E-state index is 12.9. The molecule has 0 amide bonds. The molecule has 0 radical (unpaired) electrons. The van der Waals surface area contributed by atoms with Gasteiger partial charge in [0.1, 0.15) is 30.3 Å². The molecular weight excluding hydrogens is 498 g/mol. The van der Waals surface area contributed by atoms with Gasteiger partial charge >= 0.3 is 0 Å². The second kappa shape index (κ2) is 10.5. The molecule has 2 aromatic heterocycles. The van der Waals surface area contributed by atoms with Crippen LogP contribution >= 0.6 is 0 Å². The van der Waals surface area contributed by atoms with Crippen LogP contribution in [-0.2, 0) is 19.1 Å². The maximum Gasteiger partial charge on any atom is 0.203 e. The van der Waals surface area contributed by atoms with Crippen molar-refractivity contribution in [3.8, 4) is 17.2 Å². The Morgan fingerprint density at radius 3 is 2.34 bits per heavy atom. The van der Waals surface area contributed by atoms with Gasteiger partial charge < -0.3 is 34.5 Å². The van der Waals surface area contributed by atoms with Gasteiger partial charge in [-0.15, -0.1) is 0 Å². The van der Waals surface area contributed by atoms with Crippen LogP contribution in [0.25, 0.3) is 11.2 Å². The maximum absolute atomic E-state index is 12.9. The van der Waals surface area contributed by atoms with Gasteiger partial charge in [-0.05, 0) is 38.5 Å². The van der Waals surface area contributed by atoms with Crippen LogP contribution in [-0.4, -0.2) is 75.3 Å². The monoisotopic (exact) mass is 529 g/mol. The number of hydrogen-bond acceptors (Lipinski definition) is 12.